The average molecular weight is 625 g/mol. The van der Waals surface area contributed by atoms with Crippen molar-refractivity contribution in [1.82, 2.24) is 0 Å². The normalized spacial score (nSPS) is 33.2. The van der Waals surface area contributed by atoms with E-state index in [-0.39, 0.29) is 23.5 Å². The number of ether oxygens (including phenoxy) is 2. The Bertz CT molecular complexity index is 1390. The highest BCUT2D eigenvalue weighted by Gasteiger charge is 2.50. The molecule has 45 heavy (non-hydrogen) atoms. The zero-order valence-corrected chi connectivity index (χ0v) is 26.6. The molecular weight excluding hydrogens is 576 g/mol. The lowest BCUT2D eigenvalue weighted by Crippen LogP contribution is -2.55. The molecule has 3 aromatic carbocycles. The third-order valence-electron chi connectivity index (χ3n) is 9.71. The van der Waals surface area contributed by atoms with E-state index in [1.807, 2.05) is 44.2 Å². The molecule has 10 atom stereocenters. The maximum Gasteiger partial charge on any atom is 0.199 e. The molecular formula is C36H48O9. The van der Waals surface area contributed by atoms with E-state index in [0.29, 0.717) is 34.9 Å². The van der Waals surface area contributed by atoms with Crippen molar-refractivity contribution in [2.75, 3.05) is 6.61 Å². The van der Waals surface area contributed by atoms with Gasteiger partial charge < -0.3 is 45.2 Å². The predicted octanol–water partition coefficient (Wildman–Crippen LogP) is 4.06. The molecule has 0 amide bonds. The summed E-state index contributed by atoms with van der Waals surface area (Å²) in [5, 5.41) is 71.2. The van der Waals surface area contributed by atoms with Crippen molar-refractivity contribution in [3.8, 4) is 11.5 Å². The Morgan fingerprint density at radius 1 is 0.778 bits per heavy atom. The van der Waals surface area contributed by atoms with Gasteiger partial charge in [-0.1, -0.05) is 87.9 Å². The van der Waals surface area contributed by atoms with Crippen LogP contribution in [-0.4, -0.2) is 72.9 Å². The number of phenols is 2. The van der Waals surface area contributed by atoms with Crippen LogP contribution in [0.4, 0.5) is 0 Å². The zero-order chi connectivity index (χ0) is 33.1. The first kappa shape index (κ1) is 34.8. The number of aryl methyl sites for hydroxylation is 1. The fraction of sp³-hybridized carbons (Fsp3) is 0.500. The molecule has 0 unspecified atom stereocenters. The molecule has 3 aromatic rings. The Morgan fingerprint density at radius 2 is 1.44 bits per heavy atom. The Labute approximate surface area is 265 Å². The minimum Gasteiger partial charge on any atom is -0.507 e. The van der Waals surface area contributed by atoms with Crippen molar-refractivity contribution in [3.63, 3.8) is 0 Å². The molecule has 0 saturated carbocycles. The van der Waals surface area contributed by atoms with E-state index in [1.165, 1.54) is 0 Å². The number of hydrogen-bond acceptors (Lipinski definition) is 9. The van der Waals surface area contributed by atoms with Crippen LogP contribution < -0.4 is 0 Å². The van der Waals surface area contributed by atoms with Gasteiger partial charge in [0, 0.05) is 17.9 Å². The number of aromatic hydroxyl groups is 2. The van der Waals surface area contributed by atoms with Crippen LogP contribution in [0.3, 0.4) is 0 Å². The number of aliphatic hydroxyl groups excluding tert-OH is 4. The van der Waals surface area contributed by atoms with E-state index in [9.17, 15) is 35.7 Å². The molecule has 246 valence electrons. The molecule has 2 heterocycles. The molecule has 9 heteroatoms. The summed E-state index contributed by atoms with van der Waals surface area (Å²) in [4.78, 5) is 0. The molecule has 0 radical (unpaired) electrons. The van der Waals surface area contributed by atoms with Gasteiger partial charge in [0.05, 0.1) is 18.3 Å². The predicted molar refractivity (Wildman–Crippen MR) is 169 cm³/mol. The maximum absolute atomic E-state index is 11.0. The van der Waals surface area contributed by atoms with Crippen LogP contribution in [0.25, 0.3) is 0 Å². The summed E-state index contributed by atoms with van der Waals surface area (Å²) in [6.07, 6.45) is -5.03. The van der Waals surface area contributed by atoms with E-state index in [1.54, 1.807) is 36.4 Å². The van der Waals surface area contributed by atoms with Crippen molar-refractivity contribution in [3.05, 3.63) is 94.5 Å². The summed E-state index contributed by atoms with van der Waals surface area (Å²) >= 11 is 0. The summed E-state index contributed by atoms with van der Waals surface area (Å²) in [7, 11) is 0. The lowest BCUT2D eigenvalue weighted by atomic mass is 9.72. The van der Waals surface area contributed by atoms with Gasteiger partial charge in [0.15, 0.2) is 5.79 Å². The summed E-state index contributed by atoms with van der Waals surface area (Å²) in [5.41, 5.74) is 3.61. The van der Waals surface area contributed by atoms with Gasteiger partial charge in [-0.2, -0.15) is 0 Å². The maximum atomic E-state index is 11.0. The molecule has 2 aliphatic rings. The van der Waals surface area contributed by atoms with Gasteiger partial charge in [0.25, 0.3) is 0 Å². The number of benzene rings is 3. The quantitative estimate of drug-likeness (QED) is 0.215. The van der Waals surface area contributed by atoms with Gasteiger partial charge in [0.2, 0.25) is 0 Å². The fourth-order valence-corrected chi connectivity index (χ4v) is 6.40. The zero-order valence-electron chi connectivity index (χ0n) is 26.6. The second-order valence-electron chi connectivity index (χ2n) is 12.6. The molecule has 0 aromatic heterocycles. The molecule has 0 aliphatic carbocycles. The smallest absolute Gasteiger partial charge is 0.199 e. The Balaban J connectivity index is 0.000000215. The third kappa shape index (κ3) is 7.20. The molecule has 9 nitrogen and oxygen atoms in total. The second-order valence-corrected chi connectivity index (χ2v) is 12.6. The first-order valence-electron chi connectivity index (χ1n) is 15.7. The minimum absolute atomic E-state index is 0.0100. The van der Waals surface area contributed by atoms with Crippen molar-refractivity contribution in [2.24, 2.45) is 17.8 Å². The largest absolute Gasteiger partial charge is 0.507 e. The van der Waals surface area contributed by atoms with Gasteiger partial charge in [-0.25, -0.2) is 0 Å². The SMILES string of the molecule is CC[C@H]1O[C@@](O)(c2ccccc2O)[C@H](C)[C@@H](C)[C@@H]1C.Cc1ccc(Cc2cccc([C@@H]3O[C@H](CO)[C@@H](O)[C@H](O)[C@H]3O)c2O)cc1. The standard InChI is InChI=1S/C20H24O6.C16H24O3/c1-11-5-7-12(8-6-11)9-13-3-2-4-14(16(13)22)20-19(25)18(24)17(23)15(10-21)26-20;1-5-15-11(3)10(2)12(4)16(18,19-15)13-8-6-7-9-14(13)17/h2-8,15,17-25H,9-10H2,1H3;6-12,15,17-18H,5H2,1-4H3/t15-,17-,18+,19-,20+;10-,11-,12+,15+,16+/m10/s1. The topological polar surface area (TPSA) is 160 Å². The minimum atomic E-state index is -1.48. The fourth-order valence-electron chi connectivity index (χ4n) is 6.40. The Kier molecular flexibility index (Phi) is 11.3. The Morgan fingerprint density at radius 3 is 2.07 bits per heavy atom. The van der Waals surface area contributed by atoms with Crippen molar-refractivity contribution in [2.45, 2.75) is 89.9 Å². The molecule has 5 rings (SSSR count). The average Bonchev–Trinajstić information content (AvgIpc) is 3.03. The van der Waals surface area contributed by atoms with E-state index in [0.717, 1.165) is 17.5 Å². The monoisotopic (exact) mass is 624 g/mol. The number of aliphatic hydroxyl groups is 5. The molecule has 2 aliphatic heterocycles. The van der Waals surface area contributed by atoms with Crippen LogP contribution in [0.15, 0.2) is 66.7 Å². The summed E-state index contributed by atoms with van der Waals surface area (Å²) in [6.45, 7) is 9.85. The van der Waals surface area contributed by atoms with Crippen LogP contribution in [0.1, 0.15) is 68.0 Å². The molecule has 7 N–H and O–H groups in total. The van der Waals surface area contributed by atoms with Gasteiger partial charge >= 0.3 is 0 Å². The molecule has 2 saturated heterocycles. The van der Waals surface area contributed by atoms with Crippen LogP contribution in [0, 0.1) is 24.7 Å². The van der Waals surface area contributed by atoms with Gasteiger partial charge in [0.1, 0.15) is 42.0 Å². The van der Waals surface area contributed by atoms with Gasteiger partial charge in [-0.05, 0) is 48.4 Å². The first-order chi connectivity index (χ1) is 21.3. The number of rotatable bonds is 6. The van der Waals surface area contributed by atoms with E-state index in [2.05, 4.69) is 20.8 Å². The highest BCUT2D eigenvalue weighted by atomic mass is 16.6. The van der Waals surface area contributed by atoms with Crippen LogP contribution in [0.5, 0.6) is 11.5 Å². The lowest BCUT2D eigenvalue weighted by Gasteiger charge is -2.49. The molecule has 2 fully saturated rings. The second kappa shape index (κ2) is 14.6. The first-order valence-corrected chi connectivity index (χ1v) is 15.7. The molecule has 0 bridgehead atoms. The number of hydrogen-bond donors (Lipinski definition) is 7. The summed E-state index contributed by atoms with van der Waals surface area (Å²) in [6, 6.07) is 20.0. The van der Waals surface area contributed by atoms with Gasteiger partial charge in [-0.15, -0.1) is 0 Å². The highest BCUT2D eigenvalue weighted by molar-refractivity contribution is 5.45. The summed E-state index contributed by atoms with van der Waals surface area (Å²) < 4.78 is 11.5. The number of para-hydroxylation sites is 2. The number of phenolic OH excluding ortho intramolecular Hbond substituents is 2. The van der Waals surface area contributed by atoms with Crippen molar-refractivity contribution in [1.29, 1.82) is 0 Å². The van der Waals surface area contributed by atoms with Crippen LogP contribution >= 0.6 is 0 Å². The van der Waals surface area contributed by atoms with Gasteiger partial charge in [-0.3, -0.25) is 0 Å². The van der Waals surface area contributed by atoms with Crippen molar-refractivity contribution >= 4 is 0 Å². The Hall–Kier alpha value is -3.02. The van der Waals surface area contributed by atoms with Crippen LogP contribution in [0.2, 0.25) is 0 Å². The molecule has 0 spiro atoms. The van der Waals surface area contributed by atoms with E-state index < -0.39 is 42.9 Å². The van der Waals surface area contributed by atoms with E-state index >= 15 is 0 Å². The lowest BCUT2D eigenvalue weighted by molar-refractivity contribution is -0.317. The summed E-state index contributed by atoms with van der Waals surface area (Å²) in [5.74, 6) is -0.698. The van der Waals surface area contributed by atoms with Crippen molar-refractivity contribution < 1.29 is 45.2 Å². The highest BCUT2D eigenvalue weighted by Crippen LogP contribution is 2.48. The van der Waals surface area contributed by atoms with E-state index in [4.69, 9.17) is 9.47 Å². The van der Waals surface area contributed by atoms with Crippen LogP contribution in [-0.2, 0) is 21.7 Å². The third-order valence-corrected chi connectivity index (χ3v) is 9.71.